The minimum Gasteiger partial charge on any atom is -0.370 e. The summed E-state index contributed by atoms with van der Waals surface area (Å²) in [4.78, 5) is 3.28. The normalized spacial score (nSPS) is 22.0. The average Bonchev–Trinajstić information content (AvgIpc) is 2.51. The van der Waals surface area contributed by atoms with Crippen molar-refractivity contribution in [3.05, 3.63) is 35.4 Å². The first kappa shape index (κ1) is 14.0. The molecule has 4 nitrogen and oxygen atoms in total. The van der Waals surface area contributed by atoms with Crippen LogP contribution in [0.4, 0.5) is 0 Å². The Hall–Kier alpha value is -0.940. The van der Waals surface area contributed by atoms with Gasteiger partial charge in [0, 0.05) is 11.1 Å². The molecule has 0 amide bonds. The maximum Gasteiger partial charge on any atom is 0.103 e. The predicted octanol–water partition coefficient (Wildman–Crippen LogP) is -1.48. The Balaban J connectivity index is 1.51. The first-order valence-electron chi connectivity index (χ1n) is 7.80. The second kappa shape index (κ2) is 7.18. The lowest BCUT2D eigenvalue weighted by molar-refractivity contribution is -0.921. The fourth-order valence-corrected chi connectivity index (χ4v) is 3.03. The van der Waals surface area contributed by atoms with Gasteiger partial charge in [0.2, 0.25) is 0 Å². The second-order valence-electron chi connectivity index (χ2n) is 5.89. The molecular formula is C16H26N2O2+2. The van der Waals surface area contributed by atoms with Crippen LogP contribution in [-0.4, -0.2) is 52.6 Å². The molecule has 0 spiro atoms. The maximum atomic E-state index is 5.41. The van der Waals surface area contributed by atoms with Crippen LogP contribution in [0.1, 0.15) is 11.1 Å². The highest BCUT2D eigenvalue weighted by molar-refractivity contribution is 5.21. The molecule has 1 aromatic carbocycles. The largest absolute Gasteiger partial charge is 0.370 e. The molecule has 2 aliphatic rings. The molecule has 0 unspecified atom stereocenters. The lowest BCUT2D eigenvalue weighted by Crippen LogP contribution is -3.12. The molecular weight excluding hydrogens is 252 g/mol. The highest BCUT2D eigenvalue weighted by atomic mass is 16.5. The van der Waals surface area contributed by atoms with E-state index < -0.39 is 0 Å². The van der Waals surface area contributed by atoms with Crippen molar-refractivity contribution in [2.24, 2.45) is 0 Å². The summed E-state index contributed by atoms with van der Waals surface area (Å²) < 4.78 is 10.8. The molecule has 0 aliphatic carbocycles. The first-order valence-corrected chi connectivity index (χ1v) is 7.80. The van der Waals surface area contributed by atoms with Crippen molar-refractivity contribution >= 4 is 0 Å². The molecule has 2 N–H and O–H groups in total. The lowest BCUT2D eigenvalue weighted by Gasteiger charge is -2.24. The van der Waals surface area contributed by atoms with E-state index in [1.165, 1.54) is 11.1 Å². The van der Waals surface area contributed by atoms with Crippen LogP contribution in [0.3, 0.4) is 0 Å². The highest BCUT2D eigenvalue weighted by Gasteiger charge is 2.16. The molecule has 2 aliphatic heterocycles. The summed E-state index contributed by atoms with van der Waals surface area (Å²) in [5, 5.41) is 0. The Kier molecular flexibility index (Phi) is 5.03. The Morgan fingerprint density at radius 3 is 1.35 bits per heavy atom. The minimum absolute atomic E-state index is 0.911. The van der Waals surface area contributed by atoms with E-state index in [0.29, 0.717) is 0 Å². The zero-order chi connectivity index (χ0) is 13.6. The molecule has 0 atom stereocenters. The highest BCUT2D eigenvalue weighted by Crippen LogP contribution is 2.02. The van der Waals surface area contributed by atoms with Gasteiger partial charge in [0.25, 0.3) is 0 Å². The van der Waals surface area contributed by atoms with Gasteiger partial charge < -0.3 is 19.3 Å². The van der Waals surface area contributed by atoms with Gasteiger partial charge in [-0.15, -0.1) is 0 Å². The number of hydrogen-bond acceptors (Lipinski definition) is 2. The fraction of sp³-hybridized carbons (Fsp3) is 0.625. The number of morpholine rings is 2. The SMILES string of the molecule is c1cc(C[NH+]2CCOCC2)ccc1C[NH+]1CCOCC1. The quantitative estimate of drug-likeness (QED) is 0.703. The molecule has 0 saturated carbocycles. The summed E-state index contributed by atoms with van der Waals surface area (Å²) in [7, 11) is 0. The molecule has 2 heterocycles. The summed E-state index contributed by atoms with van der Waals surface area (Å²) >= 11 is 0. The van der Waals surface area contributed by atoms with Gasteiger partial charge in [-0.05, 0) is 0 Å². The smallest absolute Gasteiger partial charge is 0.103 e. The van der Waals surface area contributed by atoms with E-state index in [9.17, 15) is 0 Å². The van der Waals surface area contributed by atoms with Gasteiger partial charge in [-0.25, -0.2) is 0 Å². The monoisotopic (exact) mass is 278 g/mol. The molecule has 0 bridgehead atoms. The van der Waals surface area contributed by atoms with Crippen molar-refractivity contribution in [3.8, 4) is 0 Å². The third-order valence-corrected chi connectivity index (χ3v) is 4.33. The number of ether oxygens (including phenoxy) is 2. The molecule has 2 saturated heterocycles. The van der Waals surface area contributed by atoms with Crippen molar-refractivity contribution in [2.45, 2.75) is 13.1 Å². The first-order chi connectivity index (χ1) is 9.90. The fourth-order valence-electron chi connectivity index (χ4n) is 3.03. The lowest BCUT2D eigenvalue weighted by atomic mass is 10.1. The van der Waals surface area contributed by atoms with Crippen LogP contribution in [0, 0.1) is 0 Å². The number of quaternary nitrogens is 2. The van der Waals surface area contributed by atoms with E-state index in [1.54, 1.807) is 9.80 Å². The van der Waals surface area contributed by atoms with Crippen molar-refractivity contribution in [1.29, 1.82) is 0 Å². The Morgan fingerprint density at radius 1 is 0.650 bits per heavy atom. The third-order valence-electron chi connectivity index (χ3n) is 4.33. The summed E-state index contributed by atoms with van der Waals surface area (Å²) in [6.45, 7) is 10.5. The number of hydrogen-bond donors (Lipinski definition) is 2. The average molecular weight is 278 g/mol. The van der Waals surface area contributed by atoms with Gasteiger partial charge >= 0.3 is 0 Å². The molecule has 4 heteroatoms. The van der Waals surface area contributed by atoms with Crippen LogP contribution in [-0.2, 0) is 22.6 Å². The third kappa shape index (κ3) is 4.03. The van der Waals surface area contributed by atoms with Crippen molar-refractivity contribution in [1.82, 2.24) is 0 Å². The van der Waals surface area contributed by atoms with E-state index >= 15 is 0 Å². The summed E-state index contributed by atoms with van der Waals surface area (Å²) in [5.41, 5.74) is 2.89. The topological polar surface area (TPSA) is 27.3 Å². The van der Waals surface area contributed by atoms with E-state index in [4.69, 9.17) is 9.47 Å². The summed E-state index contributed by atoms with van der Waals surface area (Å²) in [6, 6.07) is 9.21. The molecule has 1 aromatic rings. The van der Waals surface area contributed by atoms with Gasteiger partial charge in [-0.2, -0.15) is 0 Å². The van der Waals surface area contributed by atoms with E-state index in [1.807, 2.05) is 0 Å². The Morgan fingerprint density at radius 2 is 1.00 bits per heavy atom. The summed E-state index contributed by atoms with van der Waals surface area (Å²) in [6.07, 6.45) is 0. The van der Waals surface area contributed by atoms with Crippen LogP contribution >= 0.6 is 0 Å². The standard InChI is InChI=1S/C16H24N2O2/c1-2-16(14-18-7-11-20-12-8-18)4-3-15(1)13-17-5-9-19-10-6-17/h1-4H,5-14H2/p+2. The van der Waals surface area contributed by atoms with Gasteiger partial charge in [-0.1, -0.05) is 24.3 Å². The van der Waals surface area contributed by atoms with Crippen LogP contribution in [0.5, 0.6) is 0 Å². The van der Waals surface area contributed by atoms with Crippen LogP contribution in [0.15, 0.2) is 24.3 Å². The van der Waals surface area contributed by atoms with Gasteiger partial charge in [0.15, 0.2) is 0 Å². The predicted molar refractivity (Wildman–Crippen MR) is 76.9 cm³/mol. The van der Waals surface area contributed by atoms with E-state index in [0.717, 1.165) is 65.7 Å². The molecule has 2 fully saturated rings. The molecule has 3 rings (SSSR count). The Bertz CT molecular complexity index is 356. The van der Waals surface area contributed by atoms with Crippen LogP contribution in [0.25, 0.3) is 0 Å². The van der Waals surface area contributed by atoms with Crippen molar-refractivity contribution in [2.75, 3.05) is 52.6 Å². The molecule has 20 heavy (non-hydrogen) atoms. The van der Waals surface area contributed by atoms with Crippen molar-refractivity contribution in [3.63, 3.8) is 0 Å². The minimum atomic E-state index is 0.911. The van der Waals surface area contributed by atoms with Gasteiger partial charge in [0.1, 0.15) is 39.3 Å². The van der Waals surface area contributed by atoms with Gasteiger partial charge in [0.05, 0.1) is 26.4 Å². The zero-order valence-electron chi connectivity index (χ0n) is 12.2. The van der Waals surface area contributed by atoms with Crippen molar-refractivity contribution < 1.29 is 19.3 Å². The molecule has 110 valence electrons. The summed E-state index contributed by atoms with van der Waals surface area (Å²) in [5.74, 6) is 0. The number of benzene rings is 1. The number of rotatable bonds is 4. The van der Waals surface area contributed by atoms with Crippen LogP contribution in [0.2, 0.25) is 0 Å². The maximum absolute atomic E-state index is 5.41. The molecule has 0 radical (unpaired) electrons. The van der Waals surface area contributed by atoms with Gasteiger partial charge in [-0.3, -0.25) is 0 Å². The zero-order valence-corrected chi connectivity index (χ0v) is 12.2. The second-order valence-corrected chi connectivity index (χ2v) is 5.89. The number of nitrogens with one attached hydrogen (secondary N) is 2. The van der Waals surface area contributed by atoms with E-state index in [-0.39, 0.29) is 0 Å². The van der Waals surface area contributed by atoms with Crippen LogP contribution < -0.4 is 9.80 Å². The molecule has 0 aromatic heterocycles. The van der Waals surface area contributed by atoms with E-state index in [2.05, 4.69) is 24.3 Å². The Labute approximate surface area is 121 Å².